The van der Waals surface area contributed by atoms with Crippen LogP contribution < -0.4 is 0 Å². The molecule has 0 saturated carbocycles. The van der Waals surface area contributed by atoms with Crippen molar-refractivity contribution in [2.75, 3.05) is 32.1 Å². The van der Waals surface area contributed by atoms with Crippen LogP contribution in [0.1, 0.15) is 17.9 Å². The number of aromatic nitrogens is 1. The highest BCUT2D eigenvalue weighted by Crippen LogP contribution is 2.10. The number of amides is 1. The topological polar surface area (TPSA) is 49.6 Å². The van der Waals surface area contributed by atoms with Crippen molar-refractivity contribution in [1.82, 2.24) is 15.0 Å². The van der Waals surface area contributed by atoms with Gasteiger partial charge >= 0.3 is 0 Å². The SMILES string of the molecule is Cc1cc(CN2CCN(C(=O)CCCl)CC2)on1. The molecule has 6 heteroatoms. The fraction of sp³-hybridized carbons (Fsp3) is 0.667. The van der Waals surface area contributed by atoms with E-state index in [-0.39, 0.29) is 5.91 Å². The number of piperazine rings is 1. The Morgan fingerprint density at radius 1 is 1.44 bits per heavy atom. The number of rotatable bonds is 4. The summed E-state index contributed by atoms with van der Waals surface area (Å²) in [5.74, 6) is 1.43. The largest absolute Gasteiger partial charge is 0.360 e. The van der Waals surface area contributed by atoms with E-state index in [4.69, 9.17) is 16.1 Å². The Bertz CT molecular complexity index is 400. The summed E-state index contributed by atoms with van der Waals surface area (Å²) >= 11 is 5.58. The second kappa shape index (κ2) is 6.20. The zero-order valence-electron chi connectivity index (χ0n) is 10.6. The predicted octanol–water partition coefficient (Wildman–Crippen LogP) is 1.26. The monoisotopic (exact) mass is 271 g/mol. The highest BCUT2D eigenvalue weighted by molar-refractivity contribution is 6.18. The number of aryl methyl sites for hydroxylation is 1. The molecule has 1 aromatic heterocycles. The van der Waals surface area contributed by atoms with Crippen LogP contribution in [0.15, 0.2) is 10.6 Å². The Morgan fingerprint density at radius 2 is 2.17 bits per heavy atom. The van der Waals surface area contributed by atoms with Gasteiger partial charge in [-0.15, -0.1) is 11.6 Å². The van der Waals surface area contributed by atoms with Crippen molar-refractivity contribution in [3.63, 3.8) is 0 Å². The van der Waals surface area contributed by atoms with E-state index in [0.29, 0.717) is 12.3 Å². The maximum Gasteiger partial charge on any atom is 0.223 e. The summed E-state index contributed by atoms with van der Waals surface area (Å²) in [6.45, 7) is 5.95. The third kappa shape index (κ3) is 3.46. The fourth-order valence-electron chi connectivity index (χ4n) is 2.11. The average Bonchev–Trinajstić information content (AvgIpc) is 2.76. The number of halogens is 1. The molecule has 2 heterocycles. The first kappa shape index (κ1) is 13.4. The van der Waals surface area contributed by atoms with Crippen molar-refractivity contribution >= 4 is 17.5 Å². The second-order valence-corrected chi connectivity index (χ2v) is 4.91. The Balaban J connectivity index is 1.78. The van der Waals surface area contributed by atoms with Gasteiger partial charge in [-0.1, -0.05) is 5.16 Å². The van der Waals surface area contributed by atoms with E-state index in [1.165, 1.54) is 0 Å². The molecule has 0 unspecified atom stereocenters. The number of hydrogen-bond donors (Lipinski definition) is 0. The normalized spacial score (nSPS) is 17.1. The smallest absolute Gasteiger partial charge is 0.223 e. The number of alkyl halides is 1. The van der Waals surface area contributed by atoms with Crippen LogP contribution in [-0.4, -0.2) is 52.9 Å². The van der Waals surface area contributed by atoms with Crippen LogP contribution in [0.3, 0.4) is 0 Å². The summed E-state index contributed by atoms with van der Waals surface area (Å²) < 4.78 is 5.19. The minimum atomic E-state index is 0.153. The van der Waals surface area contributed by atoms with Gasteiger partial charge in [0, 0.05) is 44.5 Å². The molecule has 0 N–H and O–H groups in total. The van der Waals surface area contributed by atoms with Gasteiger partial charge in [0.2, 0.25) is 5.91 Å². The molecule has 0 bridgehead atoms. The third-order valence-corrected chi connectivity index (χ3v) is 3.28. The van der Waals surface area contributed by atoms with Crippen molar-refractivity contribution in [3.05, 3.63) is 17.5 Å². The lowest BCUT2D eigenvalue weighted by Gasteiger charge is -2.34. The van der Waals surface area contributed by atoms with Crippen LogP contribution in [0.5, 0.6) is 0 Å². The van der Waals surface area contributed by atoms with Gasteiger partial charge in [-0.3, -0.25) is 9.69 Å². The lowest BCUT2D eigenvalue weighted by molar-refractivity contribution is -0.132. The molecule has 1 aromatic rings. The molecular formula is C12H18ClN3O2. The number of hydrogen-bond acceptors (Lipinski definition) is 4. The minimum Gasteiger partial charge on any atom is -0.360 e. The summed E-state index contributed by atoms with van der Waals surface area (Å²) in [5.41, 5.74) is 0.904. The molecule has 0 spiro atoms. The van der Waals surface area contributed by atoms with E-state index < -0.39 is 0 Å². The summed E-state index contributed by atoms with van der Waals surface area (Å²) in [5, 5.41) is 3.87. The van der Waals surface area contributed by atoms with Crippen molar-refractivity contribution in [2.45, 2.75) is 19.9 Å². The van der Waals surface area contributed by atoms with Crippen LogP contribution >= 0.6 is 11.6 Å². The summed E-state index contributed by atoms with van der Waals surface area (Å²) in [7, 11) is 0. The molecule has 1 amide bonds. The van der Waals surface area contributed by atoms with Crippen molar-refractivity contribution in [1.29, 1.82) is 0 Å². The van der Waals surface area contributed by atoms with Crippen molar-refractivity contribution in [2.24, 2.45) is 0 Å². The van der Waals surface area contributed by atoms with E-state index in [2.05, 4.69) is 10.1 Å². The van der Waals surface area contributed by atoms with Gasteiger partial charge in [0.15, 0.2) is 5.76 Å². The molecule has 0 radical (unpaired) electrons. The Kier molecular flexibility index (Phi) is 4.60. The lowest BCUT2D eigenvalue weighted by atomic mass is 10.2. The van der Waals surface area contributed by atoms with Gasteiger partial charge < -0.3 is 9.42 Å². The van der Waals surface area contributed by atoms with Crippen LogP contribution in [0.4, 0.5) is 0 Å². The molecule has 5 nitrogen and oxygen atoms in total. The fourth-order valence-corrected chi connectivity index (χ4v) is 2.27. The Labute approximate surface area is 112 Å². The van der Waals surface area contributed by atoms with Crippen LogP contribution in [0.25, 0.3) is 0 Å². The molecule has 1 aliphatic heterocycles. The summed E-state index contributed by atoms with van der Waals surface area (Å²) in [4.78, 5) is 15.8. The van der Waals surface area contributed by atoms with Crippen molar-refractivity contribution < 1.29 is 9.32 Å². The van der Waals surface area contributed by atoms with E-state index in [9.17, 15) is 4.79 Å². The third-order valence-electron chi connectivity index (χ3n) is 3.09. The maximum absolute atomic E-state index is 11.7. The Hall–Kier alpha value is -1.07. The standard InChI is InChI=1S/C12H18ClN3O2/c1-10-8-11(18-14-10)9-15-4-6-16(7-5-15)12(17)2-3-13/h8H,2-7,9H2,1H3. The van der Waals surface area contributed by atoms with Gasteiger partial charge in [0.1, 0.15) is 0 Å². The molecule has 2 rings (SSSR count). The maximum atomic E-state index is 11.7. The summed E-state index contributed by atoms with van der Waals surface area (Å²) in [6.07, 6.45) is 0.433. The molecule has 0 aliphatic carbocycles. The zero-order chi connectivity index (χ0) is 13.0. The quantitative estimate of drug-likeness (QED) is 0.774. The Morgan fingerprint density at radius 3 is 2.72 bits per heavy atom. The number of carbonyl (C=O) groups is 1. The van der Waals surface area contributed by atoms with Crippen LogP contribution in [0, 0.1) is 6.92 Å². The molecule has 100 valence electrons. The van der Waals surface area contributed by atoms with Gasteiger partial charge in [-0.25, -0.2) is 0 Å². The van der Waals surface area contributed by atoms with Gasteiger partial charge in [0.25, 0.3) is 0 Å². The molecular weight excluding hydrogens is 254 g/mol. The van der Waals surface area contributed by atoms with Gasteiger partial charge in [0.05, 0.1) is 12.2 Å². The van der Waals surface area contributed by atoms with Crippen LogP contribution in [-0.2, 0) is 11.3 Å². The highest BCUT2D eigenvalue weighted by Gasteiger charge is 2.21. The number of nitrogens with zero attached hydrogens (tertiary/aromatic N) is 3. The average molecular weight is 272 g/mol. The highest BCUT2D eigenvalue weighted by atomic mass is 35.5. The first-order valence-electron chi connectivity index (χ1n) is 6.17. The van der Waals surface area contributed by atoms with E-state index in [1.807, 2.05) is 17.9 Å². The van der Waals surface area contributed by atoms with Crippen molar-refractivity contribution in [3.8, 4) is 0 Å². The molecule has 1 saturated heterocycles. The summed E-state index contributed by atoms with van der Waals surface area (Å²) in [6, 6.07) is 1.95. The zero-order valence-corrected chi connectivity index (χ0v) is 11.3. The van der Waals surface area contributed by atoms with Crippen LogP contribution in [0.2, 0.25) is 0 Å². The van der Waals surface area contributed by atoms with E-state index >= 15 is 0 Å². The molecule has 0 aromatic carbocycles. The molecule has 1 aliphatic rings. The van der Waals surface area contributed by atoms with E-state index in [0.717, 1.165) is 44.2 Å². The van der Waals surface area contributed by atoms with E-state index in [1.54, 1.807) is 0 Å². The first-order valence-corrected chi connectivity index (χ1v) is 6.71. The molecule has 0 atom stereocenters. The predicted molar refractivity (Wildman–Crippen MR) is 68.4 cm³/mol. The van der Waals surface area contributed by atoms with Gasteiger partial charge in [-0.05, 0) is 6.92 Å². The van der Waals surface area contributed by atoms with Gasteiger partial charge in [-0.2, -0.15) is 0 Å². The minimum absolute atomic E-state index is 0.153. The lowest BCUT2D eigenvalue weighted by Crippen LogP contribution is -2.48. The number of carbonyl (C=O) groups excluding carboxylic acids is 1. The molecule has 18 heavy (non-hydrogen) atoms. The molecule has 1 fully saturated rings. The second-order valence-electron chi connectivity index (χ2n) is 4.53. The first-order chi connectivity index (χ1) is 8.69.